The number of aromatic nitrogens is 1. The van der Waals surface area contributed by atoms with Gasteiger partial charge in [0.1, 0.15) is 5.75 Å². The molecule has 0 radical (unpaired) electrons. The summed E-state index contributed by atoms with van der Waals surface area (Å²) in [4.78, 5) is 7.57. The molecule has 1 heterocycles. The molecule has 0 spiro atoms. The van der Waals surface area contributed by atoms with Crippen LogP contribution in [-0.4, -0.2) is 36.5 Å². The van der Waals surface area contributed by atoms with Crippen LogP contribution in [-0.2, 0) is 0 Å². The van der Waals surface area contributed by atoms with Crippen LogP contribution in [0.5, 0.6) is 5.75 Å². The second-order valence-corrected chi connectivity index (χ2v) is 6.22. The number of rotatable bonds is 7. The van der Waals surface area contributed by atoms with E-state index in [9.17, 15) is 0 Å². The summed E-state index contributed by atoms with van der Waals surface area (Å²) in [5.41, 5.74) is 3.63. The molecule has 0 saturated heterocycles. The van der Waals surface area contributed by atoms with E-state index in [1.54, 1.807) is 24.7 Å². The van der Waals surface area contributed by atoms with E-state index in [0.29, 0.717) is 5.11 Å². The molecule has 6 nitrogen and oxygen atoms in total. The van der Waals surface area contributed by atoms with Crippen LogP contribution in [0.15, 0.2) is 35.6 Å². The Morgan fingerprint density at radius 2 is 2.21 bits per heavy atom. The van der Waals surface area contributed by atoms with Gasteiger partial charge in [-0.05, 0) is 38.2 Å². The number of thiocarbonyl (C=S) groups is 1. The fourth-order valence-corrected chi connectivity index (χ4v) is 3.08. The summed E-state index contributed by atoms with van der Waals surface area (Å²) in [6, 6.07) is 7.52. The topological polar surface area (TPSA) is 61.8 Å². The quantitative estimate of drug-likeness (QED) is 0.447. The number of thiazole rings is 1. The standard InChI is InChI=1S/C16H21N5OS2/c1-4-21(5-2)16-17-10-14(24-16)11-18-20-15(23)19-12-7-6-8-13(9-12)22-3/h6-11H,4-5H2,1-3H3,(H2,19,20,23)/b18-11+. The zero-order chi connectivity index (χ0) is 17.4. The molecule has 0 atom stereocenters. The highest BCUT2D eigenvalue weighted by atomic mass is 32.1. The van der Waals surface area contributed by atoms with Gasteiger partial charge in [0.15, 0.2) is 10.2 Å². The predicted molar refractivity (Wildman–Crippen MR) is 106 cm³/mol. The molecule has 2 N–H and O–H groups in total. The lowest BCUT2D eigenvalue weighted by Gasteiger charge is -2.16. The van der Waals surface area contributed by atoms with E-state index >= 15 is 0 Å². The van der Waals surface area contributed by atoms with Crippen LogP contribution in [0.1, 0.15) is 18.7 Å². The minimum atomic E-state index is 0.410. The third kappa shape index (κ3) is 5.17. The SMILES string of the molecule is CCN(CC)c1ncc(/C=N/NC(=S)Nc2cccc(OC)c2)s1. The molecule has 2 rings (SSSR count). The van der Waals surface area contributed by atoms with Gasteiger partial charge >= 0.3 is 0 Å². The van der Waals surface area contributed by atoms with E-state index in [0.717, 1.165) is 34.5 Å². The maximum atomic E-state index is 5.22. The first-order valence-corrected chi connectivity index (χ1v) is 8.83. The minimum Gasteiger partial charge on any atom is -0.497 e. The predicted octanol–water partition coefficient (Wildman–Crippen LogP) is 3.32. The summed E-state index contributed by atoms with van der Waals surface area (Å²) >= 11 is 6.81. The molecule has 0 unspecified atom stereocenters. The van der Waals surface area contributed by atoms with E-state index in [1.165, 1.54) is 0 Å². The lowest BCUT2D eigenvalue weighted by molar-refractivity contribution is 0.415. The van der Waals surface area contributed by atoms with Crippen molar-refractivity contribution in [2.75, 3.05) is 30.4 Å². The van der Waals surface area contributed by atoms with E-state index in [2.05, 4.69) is 39.6 Å². The number of hydrogen-bond donors (Lipinski definition) is 2. The monoisotopic (exact) mass is 363 g/mol. The van der Waals surface area contributed by atoms with Gasteiger partial charge in [0.25, 0.3) is 0 Å². The summed E-state index contributed by atoms with van der Waals surface area (Å²) in [7, 11) is 1.63. The first-order chi connectivity index (χ1) is 11.7. The number of hydrazone groups is 1. The number of nitrogens with one attached hydrogen (secondary N) is 2. The van der Waals surface area contributed by atoms with Crippen molar-refractivity contribution in [3.63, 3.8) is 0 Å². The van der Waals surface area contributed by atoms with Crippen LogP contribution < -0.4 is 20.4 Å². The van der Waals surface area contributed by atoms with Gasteiger partial charge in [0, 0.05) is 31.0 Å². The van der Waals surface area contributed by atoms with Gasteiger partial charge in [0.05, 0.1) is 18.2 Å². The molecule has 24 heavy (non-hydrogen) atoms. The average molecular weight is 364 g/mol. The third-order valence-electron chi connectivity index (χ3n) is 3.23. The van der Waals surface area contributed by atoms with Crippen LogP contribution >= 0.6 is 23.6 Å². The van der Waals surface area contributed by atoms with Crippen LogP contribution in [0.25, 0.3) is 0 Å². The highest BCUT2D eigenvalue weighted by molar-refractivity contribution is 7.80. The molecule has 2 aromatic rings. The molecule has 0 saturated carbocycles. The first-order valence-electron chi connectivity index (χ1n) is 7.61. The Morgan fingerprint density at radius 3 is 2.92 bits per heavy atom. The molecular formula is C16H21N5OS2. The number of methoxy groups -OCH3 is 1. The van der Waals surface area contributed by atoms with Crippen molar-refractivity contribution in [1.82, 2.24) is 10.4 Å². The fraction of sp³-hybridized carbons (Fsp3) is 0.312. The van der Waals surface area contributed by atoms with Gasteiger partial charge in [-0.25, -0.2) is 4.98 Å². The summed E-state index contributed by atoms with van der Waals surface area (Å²) in [6.07, 6.45) is 3.52. The molecule has 0 bridgehead atoms. The summed E-state index contributed by atoms with van der Waals surface area (Å²) in [5.74, 6) is 0.764. The summed E-state index contributed by atoms with van der Waals surface area (Å²) < 4.78 is 5.17. The molecule has 0 amide bonds. The van der Waals surface area contributed by atoms with Gasteiger partial charge in [0.2, 0.25) is 0 Å². The second-order valence-electron chi connectivity index (χ2n) is 4.77. The Balaban J connectivity index is 1.88. The largest absolute Gasteiger partial charge is 0.497 e. The van der Waals surface area contributed by atoms with Crippen molar-refractivity contribution in [2.45, 2.75) is 13.8 Å². The second kappa shape index (κ2) is 9.19. The van der Waals surface area contributed by atoms with Crippen LogP contribution in [0.2, 0.25) is 0 Å². The molecule has 0 aliphatic rings. The molecule has 0 aliphatic heterocycles. The van der Waals surface area contributed by atoms with Gasteiger partial charge in [-0.1, -0.05) is 17.4 Å². The van der Waals surface area contributed by atoms with Crippen molar-refractivity contribution in [2.24, 2.45) is 5.10 Å². The van der Waals surface area contributed by atoms with E-state index in [1.807, 2.05) is 30.5 Å². The fourth-order valence-electron chi connectivity index (χ4n) is 1.99. The number of benzene rings is 1. The molecular weight excluding hydrogens is 342 g/mol. The van der Waals surface area contributed by atoms with Crippen molar-refractivity contribution in [1.29, 1.82) is 0 Å². The zero-order valence-electron chi connectivity index (χ0n) is 13.9. The lowest BCUT2D eigenvalue weighted by atomic mass is 10.3. The van der Waals surface area contributed by atoms with Crippen molar-refractivity contribution >= 4 is 45.7 Å². The number of ether oxygens (including phenoxy) is 1. The van der Waals surface area contributed by atoms with Gasteiger partial charge in [-0.3, -0.25) is 5.43 Å². The Kier molecular flexibility index (Phi) is 6.95. The first kappa shape index (κ1) is 18.2. The third-order valence-corrected chi connectivity index (χ3v) is 4.42. The van der Waals surface area contributed by atoms with Crippen molar-refractivity contribution in [3.8, 4) is 5.75 Å². The minimum absolute atomic E-state index is 0.410. The van der Waals surface area contributed by atoms with Gasteiger partial charge < -0.3 is 15.0 Å². The Hall–Kier alpha value is -2.19. The summed E-state index contributed by atoms with van der Waals surface area (Å²) in [6.45, 7) is 6.10. The molecule has 1 aromatic carbocycles. The van der Waals surface area contributed by atoms with E-state index in [4.69, 9.17) is 17.0 Å². The number of nitrogens with zero attached hydrogens (tertiary/aromatic N) is 3. The molecule has 1 aromatic heterocycles. The van der Waals surface area contributed by atoms with E-state index < -0.39 is 0 Å². The molecule has 128 valence electrons. The normalized spacial score (nSPS) is 10.6. The van der Waals surface area contributed by atoms with Crippen molar-refractivity contribution < 1.29 is 4.74 Å². The summed E-state index contributed by atoms with van der Waals surface area (Å²) in [5, 5.41) is 8.61. The Morgan fingerprint density at radius 1 is 1.42 bits per heavy atom. The Labute approximate surface area is 151 Å². The molecule has 8 heteroatoms. The van der Waals surface area contributed by atoms with Crippen LogP contribution in [0.4, 0.5) is 10.8 Å². The average Bonchev–Trinajstić information content (AvgIpc) is 3.05. The van der Waals surface area contributed by atoms with Crippen LogP contribution in [0.3, 0.4) is 0 Å². The maximum Gasteiger partial charge on any atom is 0.191 e. The van der Waals surface area contributed by atoms with Gasteiger partial charge in [-0.15, -0.1) is 0 Å². The van der Waals surface area contributed by atoms with E-state index in [-0.39, 0.29) is 0 Å². The number of hydrogen-bond acceptors (Lipinski definition) is 6. The highest BCUT2D eigenvalue weighted by Gasteiger charge is 2.06. The highest BCUT2D eigenvalue weighted by Crippen LogP contribution is 2.20. The lowest BCUT2D eigenvalue weighted by Crippen LogP contribution is -2.23. The Bertz CT molecular complexity index is 697. The maximum absolute atomic E-state index is 5.22. The zero-order valence-corrected chi connectivity index (χ0v) is 15.6. The van der Waals surface area contributed by atoms with Gasteiger partial charge in [-0.2, -0.15) is 5.10 Å². The van der Waals surface area contributed by atoms with Crippen LogP contribution in [0, 0.1) is 0 Å². The molecule has 0 fully saturated rings. The smallest absolute Gasteiger partial charge is 0.191 e. The molecule has 0 aliphatic carbocycles. The number of anilines is 2. The van der Waals surface area contributed by atoms with Crippen molar-refractivity contribution in [3.05, 3.63) is 35.3 Å².